The molecule has 0 saturated carbocycles. The minimum absolute atomic E-state index is 0.708. The zero-order valence-electron chi connectivity index (χ0n) is 18.6. The van der Waals surface area contributed by atoms with Gasteiger partial charge in [-0.3, -0.25) is 0 Å². The third-order valence-electron chi connectivity index (χ3n) is 6.09. The summed E-state index contributed by atoms with van der Waals surface area (Å²) in [6.07, 6.45) is 8.61. The molecule has 3 aromatic rings. The third kappa shape index (κ3) is 4.29. The van der Waals surface area contributed by atoms with Gasteiger partial charge in [0.05, 0.1) is 13.2 Å². The molecule has 0 fully saturated rings. The van der Waals surface area contributed by atoms with Gasteiger partial charge in [0.25, 0.3) is 0 Å². The summed E-state index contributed by atoms with van der Waals surface area (Å²) in [5.74, 6) is 1.93. The maximum atomic E-state index is 5.89. The van der Waals surface area contributed by atoms with Gasteiger partial charge >= 0.3 is 0 Å². The molecule has 3 nitrogen and oxygen atoms in total. The summed E-state index contributed by atoms with van der Waals surface area (Å²) in [7, 11) is 0. The van der Waals surface area contributed by atoms with Crippen LogP contribution in [-0.4, -0.2) is 13.2 Å². The summed E-state index contributed by atoms with van der Waals surface area (Å²) in [4.78, 5) is 2.28. The van der Waals surface area contributed by atoms with E-state index in [2.05, 4.69) is 84.9 Å². The second-order valence-electron chi connectivity index (χ2n) is 8.32. The Morgan fingerprint density at radius 2 is 1.25 bits per heavy atom. The first kappa shape index (κ1) is 20.4. The fourth-order valence-electron chi connectivity index (χ4n) is 4.44. The summed E-state index contributed by atoms with van der Waals surface area (Å²) >= 11 is 0. The number of rotatable bonds is 5. The fraction of sp³-hybridized carbons (Fsp3) is 0.241. The van der Waals surface area contributed by atoms with E-state index in [4.69, 9.17) is 9.47 Å². The fourth-order valence-corrected chi connectivity index (χ4v) is 4.44. The second-order valence-corrected chi connectivity index (χ2v) is 8.32. The van der Waals surface area contributed by atoms with Crippen LogP contribution in [0.1, 0.15) is 42.9 Å². The van der Waals surface area contributed by atoms with Crippen LogP contribution in [0.25, 0.3) is 11.1 Å². The molecule has 3 heteroatoms. The average Bonchev–Trinajstić information content (AvgIpc) is 2.85. The predicted molar refractivity (Wildman–Crippen MR) is 132 cm³/mol. The van der Waals surface area contributed by atoms with Crippen LogP contribution < -0.4 is 14.4 Å². The molecule has 0 amide bonds. The van der Waals surface area contributed by atoms with Crippen LogP contribution in [0.2, 0.25) is 0 Å². The van der Waals surface area contributed by atoms with Gasteiger partial charge in [-0.1, -0.05) is 61.9 Å². The molecule has 0 saturated heterocycles. The molecule has 2 heterocycles. The van der Waals surface area contributed by atoms with E-state index in [0.29, 0.717) is 13.2 Å². The molecule has 0 atom stereocenters. The quantitative estimate of drug-likeness (QED) is 0.437. The first-order chi connectivity index (χ1) is 15.8. The van der Waals surface area contributed by atoms with Crippen molar-refractivity contribution in [2.24, 2.45) is 0 Å². The van der Waals surface area contributed by atoms with E-state index < -0.39 is 0 Å². The van der Waals surface area contributed by atoms with Gasteiger partial charge < -0.3 is 14.4 Å². The number of anilines is 1. The van der Waals surface area contributed by atoms with E-state index in [9.17, 15) is 0 Å². The molecule has 3 aromatic carbocycles. The third-order valence-corrected chi connectivity index (χ3v) is 6.09. The van der Waals surface area contributed by atoms with Crippen molar-refractivity contribution in [1.82, 2.24) is 0 Å². The molecule has 2 aliphatic rings. The predicted octanol–water partition coefficient (Wildman–Crippen LogP) is 7.09. The van der Waals surface area contributed by atoms with Crippen molar-refractivity contribution in [1.29, 1.82) is 0 Å². The molecule has 2 aliphatic heterocycles. The number of nitrogens with zero attached hydrogens (tertiary/aromatic N) is 1. The smallest absolute Gasteiger partial charge is 0.126 e. The van der Waals surface area contributed by atoms with E-state index in [0.717, 1.165) is 42.9 Å². The molecule has 162 valence electrons. The monoisotopic (exact) mass is 423 g/mol. The summed E-state index contributed by atoms with van der Waals surface area (Å²) in [5.41, 5.74) is 7.49. The zero-order valence-corrected chi connectivity index (χ0v) is 18.6. The molecule has 0 spiro atoms. The molecule has 32 heavy (non-hydrogen) atoms. The Hall–Kier alpha value is -3.46. The number of hydrogen-bond acceptors (Lipinski definition) is 3. The van der Waals surface area contributed by atoms with Gasteiger partial charge in [0.15, 0.2) is 0 Å². The van der Waals surface area contributed by atoms with Gasteiger partial charge in [-0.15, -0.1) is 0 Å². The second kappa shape index (κ2) is 9.35. The molecular weight excluding hydrogens is 394 g/mol. The Morgan fingerprint density at radius 1 is 0.719 bits per heavy atom. The summed E-state index contributed by atoms with van der Waals surface area (Å²) in [6.45, 7) is 3.64. The molecule has 0 unspecified atom stereocenters. The number of aryl methyl sites for hydroxylation is 1. The highest BCUT2D eigenvalue weighted by atomic mass is 16.5. The average molecular weight is 424 g/mol. The summed E-state index contributed by atoms with van der Waals surface area (Å²) in [5, 5.41) is 0. The Bertz CT molecular complexity index is 1080. The van der Waals surface area contributed by atoms with E-state index in [1.54, 1.807) is 0 Å². The number of benzene rings is 3. The van der Waals surface area contributed by atoms with Crippen molar-refractivity contribution in [3.63, 3.8) is 0 Å². The van der Waals surface area contributed by atoms with E-state index in [1.165, 1.54) is 27.8 Å². The van der Waals surface area contributed by atoms with Crippen molar-refractivity contribution in [2.45, 2.75) is 32.6 Å². The van der Waals surface area contributed by atoms with Crippen LogP contribution in [0.5, 0.6) is 11.5 Å². The Labute approximate surface area is 190 Å². The highest BCUT2D eigenvalue weighted by Gasteiger charge is 2.18. The normalized spacial score (nSPS) is 17.3. The van der Waals surface area contributed by atoms with Crippen LogP contribution in [0, 0.1) is 0 Å². The molecule has 0 radical (unpaired) electrons. The van der Waals surface area contributed by atoms with Gasteiger partial charge in [0, 0.05) is 42.1 Å². The van der Waals surface area contributed by atoms with E-state index in [-0.39, 0.29) is 0 Å². The molecular formula is C29H29NO2. The zero-order chi connectivity index (χ0) is 21.8. The number of para-hydroxylation sites is 2. The van der Waals surface area contributed by atoms with Gasteiger partial charge in [0.2, 0.25) is 0 Å². The topological polar surface area (TPSA) is 21.7 Å². The largest absolute Gasteiger partial charge is 0.493 e. The highest BCUT2D eigenvalue weighted by Crippen LogP contribution is 2.36. The highest BCUT2D eigenvalue weighted by molar-refractivity contribution is 5.78. The number of ether oxygens (including phenoxy) is 2. The number of fused-ring (bicyclic) bond motifs is 2. The SMILES string of the molecule is CCCc1ccc(N(C=C2CCOc3ccccc32)C=C2CCOc3ccccc32)cc1. The van der Waals surface area contributed by atoms with Crippen LogP contribution in [0.15, 0.2) is 85.2 Å². The summed E-state index contributed by atoms with van der Waals surface area (Å²) < 4.78 is 11.8. The van der Waals surface area contributed by atoms with Gasteiger partial charge in [-0.25, -0.2) is 0 Å². The van der Waals surface area contributed by atoms with Gasteiger partial charge in [-0.05, 0) is 47.4 Å². The maximum Gasteiger partial charge on any atom is 0.126 e. The first-order valence-electron chi connectivity index (χ1n) is 11.5. The van der Waals surface area contributed by atoms with Crippen molar-refractivity contribution < 1.29 is 9.47 Å². The lowest BCUT2D eigenvalue weighted by Gasteiger charge is -2.26. The van der Waals surface area contributed by atoms with Crippen LogP contribution >= 0.6 is 0 Å². The maximum absolute atomic E-state index is 5.89. The van der Waals surface area contributed by atoms with Crippen molar-refractivity contribution in [3.8, 4) is 11.5 Å². The molecule has 0 aromatic heterocycles. The minimum atomic E-state index is 0.708. The standard InChI is InChI=1S/C29H29NO2/c1-2-7-22-12-14-25(15-13-22)30(20-23-16-18-31-28-10-5-3-8-26(23)28)21-24-17-19-32-29-11-6-4-9-27(24)29/h3-6,8-15,20-21H,2,7,16-19H2,1H3. The van der Waals surface area contributed by atoms with E-state index in [1.807, 2.05) is 12.1 Å². The summed E-state index contributed by atoms with van der Waals surface area (Å²) in [6, 6.07) is 25.6. The van der Waals surface area contributed by atoms with Crippen LogP contribution in [0.3, 0.4) is 0 Å². The Kier molecular flexibility index (Phi) is 5.98. The Morgan fingerprint density at radius 3 is 1.78 bits per heavy atom. The van der Waals surface area contributed by atoms with Crippen molar-refractivity contribution >= 4 is 16.8 Å². The Balaban J connectivity index is 1.58. The minimum Gasteiger partial charge on any atom is -0.493 e. The lowest BCUT2D eigenvalue weighted by Crippen LogP contribution is -2.15. The number of hydrogen-bond donors (Lipinski definition) is 0. The molecule has 0 aliphatic carbocycles. The van der Waals surface area contributed by atoms with Crippen molar-refractivity contribution in [3.05, 3.63) is 102 Å². The van der Waals surface area contributed by atoms with Gasteiger partial charge in [-0.2, -0.15) is 0 Å². The lowest BCUT2D eigenvalue weighted by atomic mass is 9.99. The van der Waals surface area contributed by atoms with Gasteiger partial charge in [0.1, 0.15) is 11.5 Å². The molecule has 5 rings (SSSR count). The lowest BCUT2D eigenvalue weighted by molar-refractivity contribution is 0.316. The molecule has 0 N–H and O–H groups in total. The van der Waals surface area contributed by atoms with Crippen LogP contribution in [0.4, 0.5) is 5.69 Å². The first-order valence-corrected chi connectivity index (χ1v) is 11.5. The van der Waals surface area contributed by atoms with Crippen LogP contribution in [-0.2, 0) is 6.42 Å². The van der Waals surface area contributed by atoms with E-state index >= 15 is 0 Å². The van der Waals surface area contributed by atoms with Crippen molar-refractivity contribution in [2.75, 3.05) is 18.1 Å². The molecule has 0 bridgehead atoms.